The number of carbonyl (C=O) groups excluding carboxylic acids is 2. The van der Waals surface area contributed by atoms with Crippen LogP contribution in [0.25, 0.3) is 0 Å². The maximum atomic E-state index is 13.1. The molecule has 0 spiro atoms. The molecule has 0 aliphatic rings. The molecule has 2 aromatic carbocycles. The zero-order valence-corrected chi connectivity index (χ0v) is 16.0. The summed E-state index contributed by atoms with van der Waals surface area (Å²) in [5.41, 5.74) is 2.10. The second-order valence-corrected chi connectivity index (χ2v) is 6.65. The number of aromatic nitrogens is 1. The van der Waals surface area contributed by atoms with Crippen molar-refractivity contribution in [1.29, 1.82) is 0 Å². The van der Waals surface area contributed by atoms with Gasteiger partial charge in [-0.25, -0.2) is 4.39 Å². The number of benzene rings is 2. The van der Waals surface area contributed by atoms with Crippen molar-refractivity contribution in [2.24, 2.45) is 0 Å². The van der Waals surface area contributed by atoms with Gasteiger partial charge in [-0.3, -0.25) is 14.4 Å². The number of hydrogen-bond acceptors (Lipinski definition) is 3. The lowest BCUT2D eigenvalue weighted by atomic mass is 10.1. The van der Waals surface area contributed by atoms with E-state index in [2.05, 4.69) is 10.6 Å². The molecule has 2 amide bonds. The third kappa shape index (κ3) is 4.95. The summed E-state index contributed by atoms with van der Waals surface area (Å²) >= 11 is 0. The predicted molar refractivity (Wildman–Crippen MR) is 110 cm³/mol. The second kappa shape index (κ2) is 8.52. The second-order valence-electron chi connectivity index (χ2n) is 6.65. The molecule has 1 aromatic heterocycles. The molecule has 3 rings (SSSR count). The Morgan fingerprint density at radius 3 is 2.45 bits per heavy atom. The molecule has 0 unspecified atom stereocenters. The van der Waals surface area contributed by atoms with Crippen LogP contribution in [0.5, 0.6) is 0 Å². The van der Waals surface area contributed by atoms with E-state index in [4.69, 9.17) is 0 Å². The molecule has 6 nitrogen and oxygen atoms in total. The Morgan fingerprint density at radius 2 is 1.76 bits per heavy atom. The van der Waals surface area contributed by atoms with Gasteiger partial charge in [-0.2, -0.15) is 0 Å². The number of anilines is 2. The van der Waals surface area contributed by atoms with Crippen LogP contribution in [0.2, 0.25) is 0 Å². The standard InChI is InChI=1S/C22H20FN3O3/c1-14-5-10-18(24-15(2)27)12-20(14)25-21(28)19-4-3-11-26(22(19)29)13-16-6-8-17(23)9-7-16/h3-12H,13H2,1-2H3,(H,24,27)(H,25,28). The molecular weight excluding hydrogens is 373 g/mol. The van der Waals surface area contributed by atoms with Crippen molar-refractivity contribution in [2.45, 2.75) is 20.4 Å². The van der Waals surface area contributed by atoms with Crippen molar-refractivity contribution < 1.29 is 14.0 Å². The van der Waals surface area contributed by atoms with Crippen molar-refractivity contribution in [3.8, 4) is 0 Å². The molecule has 2 N–H and O–H groups in total. The summed E-state index contributed by atoms with van der Waals surface area (Å²) < 4.78 is 14.5. The number of halogens is 1. The summed E-state index contributed by atoms with van der Waals surface area (Å²) in [5, 5.41) is 5.38. The Labute approximate surface area is 167 Å². The van der Waals surface area contributed by atoms with Gasteiger partial charge in [-0.05, 0) is 54.4 Å². The fraction of sp³-hybridized carbons (Fsp3) is 0.136. The fourth-order valence-electron chi connectivity index (χ4n) is 2.85. The average Bonchev–Trinajstić information content (AvgIpc) is 2.67. The lowest BCUT2D eigenvalue weighted by molar-refractivity contribution is -0.114. The molecule has 0 saturated heterocycles. The minimum Gasteiger partial charge on any atom is -0.326 e. The molecular formula is C22H20FN3O3. The maximum absolute atomic E-state index is 13.1. The number of aryl methyl sites for hydroxylation is 1. The van der Waals surface area contributed by atoms with Crippen molar-refractivity contribution in [3.05, 3.63) is 93.7 Å². The first-order valence-electron chi connectivity index (χ1n) is 8.97. The van der Waals surface area contributed by atoms with E-state index in [-0.39, 0.29) is 23.8 Å². The summed E-state index contributed by atoms with van der Waals surface area (Å²) in [6.07, 6.45) is 1.57. The van der Waals surface area contributed by atoms with Crippen LogP contribution >= 0.6 is 0 Å². The van der Waals surface area contributed by atoms with Crippen LogP contribution < -0.4 is 16.2 Å². The highest BCUT2D eigenvalue weighted by Gasteiger charge is 2.14. The number of rotatable bonds is 5. The molecule has 0 atom stereocenters. The van der Waals surface area contributed by atoms with E-state index >= 15 is 0 Å². The minimum atomic E-state index is -0.550. The summed E-state index contributed by atoms with van der Waals surface area (Å²) in [4.78, 5) is 36.7. The van der Waals surface area contributed by atoms with Gasteiger partial charge in [-0.15, -0.1) is 0 Å². The van der Waals surface area contributed by atoms with E-state index in [1.54, 1.807) is 42.6 Å². The Kier molecular flexibility index (Phi) is 5.87. The highest BCUT2D eigenvalue weighted by molar-refractivity contribution is 6.04. The lowest BCUT2D eigenvalue weighted by Gasteiger charge is -2.12. The van der Waals surface area contributed by atoms with Gasteiger partial charge in [0.2, 0.25) is 5.91 Å². The van der Waals surface area contributed by atoms with Gasteiger partial charge >= 0.3 is 0 Å². The highest BCUT2D eigenvalue weighted by atomic mass is 19.1. The van der Waals surface area contributed by atoms with E-state index in [0.29, 0.717) is 11.4 Å². The minimum absolute atomic E-state index is 0.0149. The first-order valence-corrected chi connectivity index (χ1v) is 8.97. The third-order valence-electron chi connectivity index (χ3n) is 4.34. The van der Waals surface area contributed by atoms with Gasteiger partial charge in [-0.1, -0.05) is 18.2 Å². The van der Waals surface area contributed by atoms with Crippen LogP contribution in [0.4, 0.5) is 15.8 Å². The van der Waals surface area contributed by atoms with E-state index in [0.717, 1.165) is 11.1 Å². The summed E-state index contributed by atoms with van der Waals surface area (Å²) in [6.45, 7) is 3.42. The molecule has 0 radical (unpaired) electrons. The van der Waals surface area contributed by atoms with Crippen LogP contribution in [0, 0.1) is 12.7 Å². The summed E-state index contributed by atoms with van der Waals surface area (Å²) in [5.74, 6) is -1.13. The van der Waals surface area contributed by atoms with E-state index in [1.165, 1.54) is 29.7 Å². The molecule has 29 heavy (non-hydrogen) atoms. The van der Waals surface area contributed by atoms with Gasteiger partial charge in [0.25, 0.3) is 11.5 Å². The van der Waals surface area contributed by atoms with Gasteiger partial charge in [0.15, 0.2) is 0 Å². The molecule has 3 aromatic rings. The number of amides is 2. The van der Waals surface area contributed by atoms with Crippen LogP contribution in [-0.2, 0) is 11.3 Å². The van der Waals surface area contributed by atoms with Gasteiger partial charge < -0.3 is 15.2 Å². The first kappa shape index (κ1) is 20.0. The predicted octanol–water partition coefficient (Wildman–Crippen LogP) is 3.55. The zero-order chi connectivity index (χ0) is 21.0. The number of nitrogens with zero attached hydrogens (tertiary/aromatic N) is 1. The smallest absolute Gasteiger partial charge is 0.263 e. The summed E-state index contributed by atoms with van der Waals surface area (Å²) in [6, 6.07) is 14.0. The van der Waals surface area contributed by atoms with Crippen molar-refractivity contribution in [2.75, 3.05) is 10.6 Å². The van der Waals surface area contributed by atoms with E-state index in [1.807, 2.05) is 6.92 Å². The maximum Gasteiger partial charge on any atom is 0.263 e. The largest absolute Gasteiger partial charge is 0.326 e. The van der Waals surface area contributed by atoms with Crippen molar-refractivity contribution in [3.63, 3.8) is 0 Å². The molecule has 0 aliphatic carbocycles. The van der Waals surface area contributed by atoms with Gasteiger partial charge in [0.05, 0.1) is 6.54 Å². The Balaban J connectivity index is 1.84. The van der Waals surface area contributed by atoms with E-state index in [9.17, 15) is 18.8 Å². The van der Waals surface area contributed by atoms with Crippen LogP contribution in [0.1, 0.15) is 28.4 Å². The zero-order valence-electron chi connectivity index (χ0n) is 16.0. The topological polar surface area (TPSA) is 80.2 Å². The molecule has 0 bridgehead atoms. The van der Waals surface area contributed by atoms with Crippen LogP contribution in [-0.4, -0.2) is 16.4 Å². The molecule has 0 saturated carbocycles. The third-order valence-corrected chi connectivity index (χ3v) is 4.34. The highest BCUT2D eigenvalue weighted by Crippen LogP contribution is 2.21. The number of pyridine rings is 1. The Hall–Kier alpha value is -3.74. The van der Waals surface area contributed by atoms with Crippen LogP contribution in [0.15, 0.2) is 65.6 Å². The molecule has 7 heteroatoms. The van der Waals surface area contributed by atoms with Gasteiger partial charge in [0, 0.05) is 24.5 Å². The Bertz CT molecular complexity index is 1120. The molecule has 0 fully saturated rings. The molecule has 0 aliphatic heterocycles. The normalized spacial score (nSPS) is 10.4. The quantitative estimate of drug-likeness (QED) is 0.696. The number of nitrogens with one attached hydrogen (secondary N) is 2. The lowest BCUT2D eigenvalue weighted by Crippen LogP contribution is -2.29. The first-order chi connectivity index (χ1) is 13.8. The molecule has 1 heterocycles. The summed E-state index contributed by atoms with van der Waals surface area (Å²) in [7, 11) is 0. The van der Waals surface area contributed by atoms with Gasteiger partial charge in [0.1, 0.15) is 11.4 Å². The molecule has 148 valence electrons. The fourth-order valence-corrected chi connectivity index (χ4v) is 2.85. The number of carbonyl (C=O) groups is 2. The number of hydrogen-bond donors (Lipinski definition) is 2. The van der Waals surface area contributed by atoms with Crippen molar-refractivity contribution in [1.82, 2.24) is 4.57 Å². The Morgan fingerprint density at radius 1 is 1.03 bits per heavy atom. The average molecular weight is 393 g/mol. The monoisotopic (exact) mass is 393 g/mol. The van der Waals surface area contributed by atoms with Crippen LogP contribution in [0.3, 0.4) is 0 Å². The van der Waals surface area contributed by atoms with Crippen molar-refractivity contribution >= 4 is 23.2 Å². The van der Waals surface area contributed by atoms with E-state index < -0.39 is 11.5 Å². The SMILES string of the molecule is CC(=O)Nc1ccc(C)c(NC(=O)c2cccn(Cc3ccc(F)cc3)c2=O)c1.